The number of carbonyl (C=O) groups is 5. The van der Waals surface area contributed by atoms with Crippen LogP contribution >= 0.6 is 0 Å². The minimum atomic E-state index is -1.16. The zero-order valence-electron chi connectivity index (χ0n) is 39.5. The average molecular weight is 792 g/mol. The van der Waals surface area contributed by atoms with Gasteiger partial charge in [-0.1, -0.05) is 110 Å². The topological polar surface area (TPSA) is 122 Å². The van der Waals surface area contributed by atoms with Crippen LogP contribution in [-0.2, 0) is 33.4 Å². The van der Waals surface area contributed by atoms with Crippen molar-refractivity contribution in [1.82, 2.24) is 15.1 Å². The standard InChI is InChI=1S/C46H85N3O7/c1-33(50)30-35(52)55-28-29-56-38(54)46(17,44(14,15)42(10,11)36(40(5,6)7)49-27-22-20-21-24-34(49)51)32-41(8,9)43(12,13)45(16,31-39(2,3)4)37(53)47-25-23-26-48(18)19/h36H,20-32H2,1-19H3,(H,47,53). The van der Waals surface area contributed by atoms with Crippen molar-refractivity contribution in [2.75, 3.05) is 46.9 Å². The van der Waals surface area contributed by atoms with Crippen molar-refractivity contribution in [3.63, 3.8) is 0 Å². The lowest BCUT2D eigenvalue weighted by Crippen LogP contribution is -2.65. The molecule has 10 nitrogen and oxygen atoms in total. The van der Waals surface area contributed by atoms with E-state index in [4.69, 9.17) is 9.47 Å². The van der Waals surface area contributed by atoms with Gasteiger partial charge >= 0.3 is 11.9 Å². The summed E-state index contributed by atoms with van der Waals surface area (Å²) in [6.45, 7) is 37.6. The van der Waals surface area contributed by atoms with Crippen LogP contribution in [0.5, 0.6) is 0 Å². The molecule has 0 saturated carbocycles. The van der Waals surface area contributed by atoms with Crippen LogP contribution in [0.1, 0.15) is 169 Å². The monoisotopic (exact) mass is 792 g/mol. The molecule has 0 aromatic carbocycles. The number of ether oxygens (including phenoxy) is 2. The Morgan fingerprint density at radius 1 is 0.750 bits per heavy atom. The number of carbonyl (C=O) groups excluding carboxylic acids is 5. The Kier molecular flexibility index (Phi) is 17.5. The minimum absolute atomic E-state index is 0.00738. The molecule has 1 heterocycles. The van der Waals surface area contributed by atoms with E-state index in [9.17, 15) is 19.2 Å². The van der Waals surface area contributed by atoms with E-state index in [-0.39, 0.29) is 54.1 Å². The van der Waals surface area contributed by atoms with Gasteiger partial charge in [-0.25, -0.2) is 0 Å². The summed E-state index contributed by atoms with van der Waals surface area (Å²) in [5.41, 5.74) is -5.20. The number of esters is 2. The average Bonchev–Trinajstić information content (AvgIpc) is 3.22. The third kappa shape index (κ3) is 12.3. The van der Waals surface area contributed by atoms with Gasteiger partial charge in [0.1, 0.15) is 25.4 Å². The van der Waals surface area contributed by atoms with E-state index >= 15 is 4.79 Å². The van der Waals surface area contributed by atoms with Gasteiger partial charge in [0.05, 0.1) is 10.8 Å². The van der Waals surface area contributed by atoms with Crippen LogP contribution in [0.3, 0.4) is 0 Å². The highest BCUT2D eigenvalue weighted by molar-refractivity contribution is 5.94. The molecule has 10 heteroatoms. The van der Waals surface area contributed by atoms with Crippen molar-refractivity contribution in [2.45, 2.75) is 175 Å². The summed E-state index contributed by atoms with van der Waals surface area (Å²) < 4.78 is 11.3. The Morgan fingerprint density at radius 3 is 1.80 bits per heavy atom. The van der Waals surface area contributed by atoms with Crippen molar-refractivity contribution < 1.29 is 33.4 Å². The van der Waals surface area contributed by atoms with E-state index in [1.165, 1.54) is 6.92 Å². The van der Waals surface area contributed by atoms with Gasteiger partial charge in [0.15, 0.2) is 0 Å². The smallest absolute Gasteiger partial charge is 0.313 e. The number of hydrogen-bond acceptors (Lipinski definition) is 8. The number of nitrogens with one attached hydrogen (secondary N) is 1. The van der Waals surface area contributed by atoms with Gasteiger partial charge in [-0.15, -0.1) is 0 Å². The Morgan fingerprint density at radius 2 is 1.30 bits per heavy atom. The molecule has 0 spiro atoms. The van der Waals surface area contributed by atoms with Crippen LogP contribution in [0.15, 0.2) is 0 Å². The highest BCUT2D eigenvalue weighted by Crippen LogP contribution is 2.65. The van der Waals surface area contributed by atoms with Gasteiger partial charge in [-0.2, -0.15) is 0 Å². The summed E-state index contributed by atoms with van der Waals surface area (Å²) in [7, 11) is 4.05. The molecule has 0 radical (unpaired) electrons. The molecule has 1 fully saturated rings. The minimum Gasteiger partial charge on any atom is -0.462 e. The molecule has 1 saturated heterocycles. The summed E-state index contributed by atoms with van der Waals surface area (Å²) in [5, 5.41) is 3.29. The fourth-order valence-corrected chi connectivity index (χ4v) is 9.81. The normalized spacial score (nSPS) is 18.1. The highest BCUT2D eigenvalue weighted by atomic mass is 16.6. The molecule has 0 bridgehead atoms. The van der Waals surface area contributed by atoms with Crippen molar-refractivity contribution in [3.05, 3.63) is 0 Å². The number of hydrogen-bond donors (Lipinski definition) is 1. The summed E-state index contributed by atoms with van der Waals surface area (Å²) in [6.07, 6.45) is 4.80. The third-order valence-electron chi connectivity index (χ3n) is 14.2. The predicted octanol–water partition coefficient (Wildman–Crippen LogP) is 8.88. The molecule has 1 rings (SSSR count). The molecule has 0 aromatic rings. The Bertz CT molecular complexity index is 1370. The molecule has 56 heavy (non-hydrogen) atoms. The SMILES string of the molecule is CC(=O)CC(=O)OCCOC(=O)C(C)(CC(C)(C)C(C)(C)C(C)(CC(C)(C)C)C(=O)NCCCN(C)C)C(C)(C)C(C)(C)C(N1CCCCCC1=O)C(C)(C)C. The summed E-state index contributed by atoms with van der Waals surface area (Å²) in [4.78, 5) is 71.3. The van der Waals surface area contributed by atoms with Crippen molar-refractivity contribution in [3.8, 4) is 0 Å². The number of rotatable bonds is 20. The quantitative estimate of drug-likeness (QED) is 0.0738. The lowest BCUT2D eigenvalue weighted by molar-refractivity contribution is -0.192. The summed E-state index contributed by atoms with van der Waals surface area (Å²) in [5.74, 6) is -1.23. The lowest BCUT2D eigenvalue weighted by atomic mass is 9.43. The molecule has 3 unspecified atom stereocenters. The first-order valence-corrected chi connectivity index (χ1v) is 21.2. The predicted molar refractivity (Wildman–Crippen MR) is 227 cm³/mol. The summed E-state index contributed by atoms with van der Waals surface area (Å²) >= 11 is 0. The molecule has 2 amide bonds. The van der Waals surface area contributed by atoms with E-state index in [1.807, 2.05) is 21.0 Å². The maximum atomic E-state index is 15.0. The molecule has 0 aliphatic carbocycles. The zero-order valence-corrected chi connectivity index (χ0v) is 39.5. The van der Waals surface area contributed by atoms with Gasteiger partial charge < -0.3 is 24.6 Å². The van der Waals surface area contributed by atoms with E-state index in [2.05, 4.69) is 119 Å². The molecular weight excluding hydrogens is 707 g/mol. The highest BCUT2D eigenvalue weighted by Gasteiger charge is 2.65. The maximum Gasteiger partial charge on any atom is 0.313 e. The Labute approximate surface area is 342 Å². The molecule has 0 aromatic heterocycles. The van der Waals surface area contributed by atoms with E-state index in [0.29, 0.717) is 32.4 Å². The van der Waals surface area contributed by atoms with Crippen molar-refractivity contribution >= 4 is 29.5 Å². The Hall–Kier alpha value is -2.49. The Balaban J connectivity index is 3.96. The molecule has 1 aliphatic heterocycles. The zero-order chi connectivity index (χ0) is 43.9. The first-order valence-electron chi connectivity index (χ1n) is 21.2. The van der Waals surface area contributed by atoms with Gasteiger partial charge in [0.25, 0.3) is 0 Å². The van der Waals surface area contributed by atoms with Crippen molar-refractivity contribution in [2.24, 2.45) is 43.3 Å². The molecule has 1 aliphatic rings. The van der Waals surface area contributed by atoms with Crippen LogP contribution in [0.2, 0.25) is 0 Å². The molecular formula is C46H85N3O7. The first-order chi connectivity index (χ1) is 25.1. The van der Waals surface area contributed by atoms with Crippen LogP contribution in [0.25, 0.3) is 0 Å². The van der Waals surface area contributed by atoms with Crippen LogP contribution in [0, 0.1) is 43.3 Å². The van der Waals surface area contributed by atoms with Gasteiger partial charge in [-0.3, -0.25) is 24.0 Å². The van der Waals surface area contributed by atoms with Gasteiger partial charge in [0, 0.05) is 25.6 Å². The fraction of sp³-hybridized carbons (Fsp3) is 0.891. The van der Waals surface area contributed by atoms with E-state index in [0.717, 1.165) is 32.2 Å². The second-order valence-electron chi connectivity index (χ2n) is 22.2. The van der Waals surface area contributed by atoms with Crippen LogP contribution in [0.4, 0.5) is 0 Å². The molecule has 3 atom stereocenters. The lowest BCUT2D eigenvalue weighted by Gasteiger charge is -2.62. The fourth-order valence-electron chi connectivity index (χ4n) is 9.81. The van der Waals surface area contributed by atoms with E-state index in [1.54, 1.807) is 0 Å². The number of likely N-dealkylation sites (tertiary alicyclic amines) is 1. The van der Waals surface area contributed by atoms with Crippen molar-refractivity contribution in [1.29, 1.82) is 0 Å². The van der Waals surface area contributed by atoms with Crippen LogP contribution in [-0.4, -0.2) is 92.3 Å². The second kappa shape index (κ2) is 19.1. The first kappa shape index (κ1) is 51.5. The maximum absolute atomic E-state index is 15.0. The van der Waals surface area contributed by atoms with Gasteiger partial charge in [0.2, 0.25) is 11.8 Å². The van der Waals surface area contributed by atoms with Crippen LogP contribution < -0.4 is 5.32 Å². The number of Topliss-reactive ketones (excluding diaryl/α,β-unsaturated/α-hetero) is 1. The number of amides is 2. The number of ketones is 1. The molecule has 1 N–H and O–H groups in total. The molecule has 326 valence electrons. The second-order valence-corrected chi connectivity index (χ2v) is 22.2. The summed E-state index contributed by atoms with van der Waals surface area (Å²) in [6, 6.07) is -0.217. The van der Waals surface area contributed by atoms with Gasteiger partial charge in [-0.05, 0) is 99.1 Å². The third-order valence-corrected chi connectivity index (χ3v) is 14.2. The largest absolute Gasteiger partial charge is 0.462 e. The number of nitrogens with zero attached hydrogens (tertiary/aromatic N) is 2. The van der Waals surface area contributed by atoms with E-state index < -0.39 is 44.4 Å².